The number of benzene rings is 1. The number of aliphatic hydroxyl groups excluding tert-OH is 1. The quantitative estimate of drug-likeness (QED) is 0.498. The van der Waals surface area contributed by atoms with Crippen LogP contribution in [0, 0.1) is 0 Å². The molecule has 26 heavy (non-hydrogen) atoms. The minimum absolute atomic E-state index is 0.0294. The number of rotatable bonds is 8. The zero-order chi connectivity index (χ0) is 19.1. The van der Waals surface area contributed by atoms with Crippen molar-refractivity contribution in [3.05, 3.63) is 34.6 Å². The molecule has 2 N–H and O–H groups in total. The van der Waals surface area contributed by atoms with Crippen molar-refractivity contribution in [1.82, 2.24) is 19.8 Å². The summed E-state index contributed by atoms with van der Waals surface area (Å²) < 4.78 is 1.48. The lowest BCUT2D eigenvalue weighted by atomic mass is 10.2. The summed E-state index contributed by atoms with van der Waals surface area (Å²) >= 11 is 1.14. The molecule has 1 heterocycles. The van der Waals surface area contributed by atoms with Crippen LogP contribution in [0.1, 0.15) is 6.42 Å². The van der Waals surface area contributed by atoms with E-state index in [1.165, 1.54) is 16.5 Å². The summed E-state index contributed by atoms with van der Waals surface area (Å²) in [5.74, 6) is -0.443. The third kappa shape index (κ3) is 4.83. The number of aromatic nitrogens is 2. The number of likely N-dealkylation sites (N-methyl/N-ethyl adjacent to an activating group) is 2. The summed E-state index contributed by atoms with van der Waals surface area (Å²) in [6.45, 7) is 0.243. The number of nitrogens with zero attached hydrogens (tertiary/aromatic N) is 3. The van der Waals surface area contributed by atoms with Gasteiger partial charge in [-0.15, -0.1) is 0 Å². The number of para-hydroxylation sites is 1. The third-order valence-electron chi connectivity index (χ3n) is 3.78. The summed E-state index contributed by atoms with van der Waals surface area (Å²) in [6.07, 6.45) is 0.415. The second-order valence-corrected chi connectivity index (χ2v) is 6.60. The lowest BCUT2D eigenvalue weighted by Gasteiger charge is -2.17. The fourth-order valence-corrected chi connectivity index (χ4v) is 3.27. The highest BCUT2D eigenvalue weighted by Crippen LogP contribution is 2.18. The van der Waals surface area contributed by atoms with E-state index in [4.69, 9.17) is 5.11 Å². The number of hydrogen-bond donors (Lipinski definition) is 2. The number of aliphatic hydroxyl groups is 1. The molecule has 8 nitrogen and oxygen atoms in total. The molecule has 0 aliphatic carbocycles. The molecule has 2 aromatic rings. The summed E-state index contributed by atoms with van der Waals surface area (Å²) in [5.41, 5.74) is 0.365. The Hall–Kier alpha value is -2.39. The molecule has 0 aliphatic rings. The van der Waals surface area contributed by atoms with Gasteiger partial charge in [0.1, 0.15) is 0 Å². The Labute approximate surface area is 155 Å². The highest BCUT2D eigenvalue weighted by molar-refractivity contribution is 7.99. The van der Waals surface area contributed by atoms with Crippen molar-refractivity contribution in [2.45, 2.75) is 18.1 Å². The molecule has 2 rings (SSSR count). The van der Waals surface area contributed by atoms with Crippen LogP contribution in [-0.4, -0.2) is 64.4 Å². The molecule has 0 saturated heterocycles. The Morgan fingerprint density at radius 2 is 2.08 bits per heavy atom. The predicted octanol–water partition coefficient (Wildman–Crippen LogP) is 0.0754. The number of amides is 2. The monoisotopic (exact) mass is 378 g/mol. The summed E-state index contributed by atoms with van der Waals surface area (Å²) in [6, 6.07) is 7.02. The molecule has 0 unspecified atom stereocenters. The van der Waals surface area contributed by atoms with Gasteiger partial charge >= 0.3 is 0 Å². The number of fused-ring (bicyclic) bond motifs is 1. The van der Waals surface area contributed by atoms with Crippen LogP contribution in [0.2, 0.25) is 0 Å². The zero-order valence-electron chi connectivity index (χ0n) is 14.8. The van der Waals surface area contributed by atoms with E-state index < -0.39 is 0 Å². The molecule has 0 aliphatic heterocycles. The van der Waals surface area contributed by atoms with E-state index in [2.05, 4.69) is 10.3 Å². The van der Waals surface area contributed by atoms with E-state index in [1.807, 2.05) is 0 Å². The number of carbonyl (C=O) groups excluding carboxylic acids is 2. The normalized spacial score (nSPS) is 10.7. The largest absolute Gasteiger partial charge is 0.396 e. The van der Waals surface area contributed by atoms with Crippen molar-refractivity contribution in [3.63, 3.8) is 0 Å². The van der Waals surface area contributed by atoms with E-state index in [1.54, 1.807) is 31.3 Å². The summed E-state index contributed by atoms with van der Waals surface area (Å²) in [7, 11) is 3.05. The van der Waals surface area contributed by atoms with E-state index in [-0.39, 0.29) is 36.3 Å². The average Bonchev–Trinajstić information content (AvgIpc) is 2.65. The first kappa shape index (κ1) is 19.9. The summed E-state index contributed by atoms with van der Waals surface area (Å²) in [4.78, 5) is 42.1. The minimum Gasteiger partial charge on any atom is -0.396 e. The van der Waals surface area contributed by atoms with E-state index in [0.29, 0.717) is 29.0 Å². The first-order valence-electron chi connectivity index (χ1n) is 8.15. The van der Waals surface area contributed by atoms with Gasteiger partial charge in [0, 0.05) is 27.2 Å². The molecular formula is C17H22N4O4S. The molecule has 1 aromatic carbocycles. The van der Waals surface area contributed by atoms with Crippen LogP contribution in [0.15, 0.2) is 34.2 Å². The number of carbonyl (C=O) groups is 2. The van der Waals surface area contributed by atoms with Crippen molar-refractivity contribution in [1.29, 1.82) is 0 Å². The van der Waals surface area contributed by atoms with Crippen LogP contribution in [0.5, 0.6) is 0 Å². The van der Waals surface area contributed by atoms with E-state index >= 15 is 0 Å². The van der Waals surface area contributed by atoms with Gasteiger partial charge in [0.2, 0.25) is 11.8 Å². The van der Waals surface area contributed by atoms with Gasteiger partial charge in [-0.25, -0.2) is 4.98 Å². The first-order chi connectivity index (χ1) is 12.5. The van der Waals surface area contributed by atoms with Crippen LogP contribution in [0.4, 0.5) is 0 Å². The van der Waals surface area contributed by atoms with Gasteiger partial charge < -0.3 is 15.3 Å². The molecule has 0 saturated carbocycles. The Balaban J connectivity index is 2.23. The topological polar surface area (TPSA) is 105 Å². The third-order valence-corrected chi connectivity index (χ3v) is 4.74. The maximum atomic E-state index is 12.7. The molecule has 0 atom stereocenters. The van der Waals surface area contributed by atoms with Gasteiger partial charge in [0.05, 0.1) is 23.2 Å². The first-order valence-corrected chi connectivity index (χ1v) is 9.14. The maximum absolute atomic E-state index is 12.7. The van der Waals surface area contributed by atoms with Gasteiger partial charge in [-0.2, -0.15) is 0 Å². The summed E-state index contributed by atoms with van der Waals surface area (Å²) in [5, 5.41) is 12.5. The van der Waals surface area contributed by atoms with Crippen molar-refractivity contribution >= 4 is 34.5 Å². The van der Waals surface area contributed by atoms with Gasteiger partial charge in [-0.1, -0.05) is 23.9 Å². The Morgan fingerprint density at radius 3 is 2.77 bits per heavy atom. The highest BCUT2D eigenvalue weighted by atomic mass is 32.2. The van der Waals surface area contributed by atoms with Crippen LogP contribution >= 0.6 is 11.8 Å². The van der Waals surface area contributed by atoms with Crippen LogP contribution in [0.3, 0.4) is 0 Å². The standard InChI is InChI=1S/C17H22N4O4S/c1-18-14(23)10-20(2)15(24)11-26-17-19-13-7-4-3-6-12(13)16(25)21(17)8-5-9-22/h3-4,6-7,22H,5,8-11H2,1-2H3,(H,18,23). The molecule has 0 bridgehead atoms. The zero-order valence-corrected chi connectivity index (χ0v) is 15.6. The Bertz CT molecular complexity index is 852. The second kappa shape index (κ2) is 9.35. The molecule has 140 valence electrons. The molecule has 1 aromatic heterocycles. The Kier molecular flexibility index (Phi) is 7.16. The van der Waals surface area contributed by atoms with Crippen molar-refractivity contribution in [2.75, 3.05) is 33.0 Å². The predicted molar refractivity (Wildman–Crippen MR) is 100 cm³/mol. The smallest absolute Gasteiger partial charge is 0.262 e. The number of thioether (sulfide) groups is 1. The molecule has 0 spiro atoms. The highest BCUT2D eigenvalue weighted by Gasteiger charge is 2.16. The Morgan fingerprint density at radius 1 is 1.35 bits per heavy atom. The molecule has 9 heteroatoms. The number of nitrogens with one attached hydrogen (secondary N) is 1. The second-order valence-electron chi connectivity index (χ2n) is 5.66. The van der Waals surface area contributed by atoms with Gasteiger partial charge in [0.25, 0.3) is 5.56 Å². The fraction of sp³-hybridized carbons (Fsp3) is 0.412. The van der Waals surface area contributed by atoms with Crippen molar-refractivity contribution < 1.29 is 14.7 Å². The molecule has 2 amide bonds. The lowest BCUT2D eigenvalue weighted by molar-refractivity contribution is -0.132. The van der Waals surface area contributed by atoms with Crippen LogP contribution in [0.25, 0.3) is 10.9 Å². The van der Waals surface area contributed by atoms with E-state index in [0.717, 1.165) is 11.8 Å². The molecular weight excluding hydrogens is 356 g/mol. The van der Waals surface area contributed by atoms with Crippen molar-refractivity contribution in [2.24, 2.45) is 0 Å². The maximum Gasteiger partial charge on any atom is 0.262 e. The van der Waals surface area contributed by atoms with Gasteiger partial charge in [-0.05, 0) is 18.6 Å². The van der Waals surface area contributed by atoms with Gasteiger partial charge in [-0.3, -0.25) is 19.0 Å². The lowest BCUT2D eigenvalue weighted by Crippen LogP contribution is -2.37. The minimum atomic E-state index is -0.255. The van der Waals surface area contributed by atoms with Crippen molar-refractivity contribution in [3.8, 4) is 0 Å². The van der Waals surface area contributed by atoms with E-state index in [9.17, 15) is 14.4 Å². The molecule has 0 radical (unpaired) electrons. The van der Waals surface area contributed by atoms with Crippen LogP contribution in [-0.2, 0) is 16.1 Å². The SMILES string of the molecule is CNC(=O)CN(C)C(=O)CSc1nc2ccccc2c(=O)n1CCCO. The number of hydrogen-bond acceptors (Lipinski definition) is 6. The molecule has 0 fully saturated rings. The average molecular weight is 378 g/mol. The van der Waals surface area contributed by atoms with Gasteiger partial charge in [0.15, 0.2) is 5.16 Å². The van der Waals surface area contributed by atoms with Crippen LogP contribution < -0.4 is 10.9 Å². The fourth-order valence-electron chi connectivity index (χ4n) is 2.30.